The Labute approximate surface area is 120 Å². The molecule has 2 aliphatic heterocycles. The highest BCUT2D eigenvalue weighted by atomic mass is 16.5. The molecule has 1 N–H and O–H groups in total. The molecular formula is C15H25N3O2. The molecule has 0 aliphatic carbocycles. The Morgan fingerprint density at radius 1 is 1.40 bits per heavy atom. The zero-order valence-electron chi connectivity index (χ0n) is 12.3. The lowest BCUT2D eigenvalue weighted by Crippen LogP contribution is -2.50. The summed E-state index contributed by atoms with van der Waals surface area (Å²) in [7, 11) is 1.96. The van der Waals surface area contributed by atoms with Crippen molar-refractivity contribution in [2.45, 2.75) is 43.7 Å². The predicted molar refractivity (Wildman–Crippen MR) is 76.7 cm³/mol. The van der Waals surface area contributed by atoms with Crippen LogP contribution in [0.5, 0.6) is 0 Å². The van der Waals surface area contributed by atoms with Gasteiger partial charge in [0.05, 0.1) is 11.3 Å². The molecule has 3 heterocycles. The molecule has 0 radical (unpaired) electrons. The second-order valence-electron chi connectivity index (χ2n) is 6.02. The fraction of sp³-hybridized carbons (Fsp3) is 0.800. The summed E-state index contributed by atoms with van der Waals surface area (Å²) in [6.07, 6.45) is 7.33. The van der Waals surface area contributed by atoms with E-state index in [-0.39, 0.29) is 5.60 Å². The average Bonchev–Trinajstić information content (AvgIpc) is 2.86. The summed E-state index contributed by atoms with van der Waals surface area (Å²) in [5.41, 5.74) is 1.24. The minimum absolute atomic E-state index is 0.0825. The molecular weight excluding hydrogens is 254 g/mol. The number of nitrogens with one attached hydrogen (secondary N) is 1. The number of hydrogen-bond donors (Lipinski definition) is 1. The lowest BCUT2D eigenvalue weighted by Gasteiger charge is -2.43. The number of ether oxygens (including phenoxy) is 2. The Hall–Kier alpha value is -0.910. The molecule has 0 aromatic carbocycles. The molecule has 1 aromatic heterocycles. The molecule has 5 heteroatoms. The summed E-state index contributed by atoms with van der Waals surface area (Å²) in [6.45, 7) is 3.57. The molecule has 0 amide bonds. The van der Waals surface area contributed by atoms with Crippen LogP contribution in [0.3, 0.4) is 0 Å². The largest absolute Gasteiger partial charge is 0.381 e. The van der Waals surface area contributed by atoms with E-state index in [1.807, 2.05) is 17.9 Å². The van der Waals surface area contributed by atoms with Crippen LogP contribution in [0, 0.1) is 0 Å². The highest BCUT2D eigenvalue weighted by Crippen LogP contribution is 2.34. The Morgan fingerprint density at radius 3 is 3.00 bits per heavy atom. The summed E-state index contributed by atoms with van der Waals surface area (Å²) in [5.74, 6) is 0. The molecule has 1 unspecified atom stereocenters. The third-order valence-electron chi connectivity index (χ3n) is 4.48. The maximum absolute atomic E-state index is 6.07. The minimum atomic E-state index is 0.0825. The number of nitrogens with zero attached hydrogens (tertiary/aromatic N) is 2. The van der Waals surface area contributed by atoms with Gasteiger partial charge in [-0.25, -0.2) is 0 Å². The summed E-state index contributed by atoms with van der Waals surface area (Å²) in [4.78, 5) is 0. The van der Waals surface area contributed by atoms with E-state index in [0.29, 0.717) is 6.04 Å². The molecule has 2 fully saturated rings. The van der Waals surface area contributed by atoms with E-state index in [4.69, 9.17) is 9.47 Å². The maximum atomic E-state index is 6.07. The second kappa shape index (κ2) is 6.24. The molecule has 1 spiro atoms. The van der Waals surface area contributed by atoms with Gasteiger partial charge in [-0.1, -0.05) is 0 Å². The van der Waals surface area contributed by atoms with Crippen LogP contribution >= 0.6 is 0 Å². The van der Waals surface area contributed by atoms with Crippen molar-refractivity contribution in [2.75, 3.05) is 26.4 Å². The first-order valence-electron chi connectivity index (χ1n) is 7.69. The van der Waals surface area contributed by atoms with Crippen molar-refractivity contribution >= 4 is 0 Å². The van der Waals surface area contributed by atoms with Gasteiger partial charge in [-0.15, -0.1) is 0 Å². The van der Waals surface area contributed by atoms with Gasteiger partial charge in [0.15, 0.2) is 0 Å². The molecule has 2 saturated heterocycles. The predicted octanol–water partition coefficient (Wildman–Crippen LogP) is 1.28. The first-order valence-corrected chi connectivity index (χ1v) is 7.69. The molecule has 0 bridgehead atoms. The smallest absolute Gasteiger partial charge is 0.0741 e. The highest BCUT2D eigenvalue weighted by Gasteiger charge is 2.38. The molecule has 5 nitrogen and oxygen atoms in total. The third kappa shape index (κ3) is 3.40. The second-order valence-corrected chi connectivity index (χ2v) is 6.02. The lowest BCUT2D eigenvalue weighted by molar-refractivity contribution is -0.140. The van der Waals surface area contributed by atoms with Crippen molar-refractivity contribution in [2.24, 2.45) is 7.05 Å². The SMILES string of the molecule is Cn1ccc(CCNC2CCOC3(CCOCC3)C2)n1. The van der Waals surface area contributed by atoms with Gasteiger partial charge in [0.1, 0.15) is 0 Å². The number of rotatable bonds is 4. The highest BCUT2D eigenvalue weighted by molar-refractivity contribution is 4.99. The average molecular weight is 279 g/mol. The first-order chi connectivity index (χ1) is 9.76. The monoisotopic (exact) mass is 279 g/mol. The Kier molecular flexibility index (Phi) is 4.38. The van der Waals surface area contributed by atoms with Crippen molar-refractivity contribution in [3.63, 3.8) is 0 Å². The van der Waals surface area contributed by atoms with E-state index in [9.17, 15) is 0 Å². The number of hydrogen-bond acceptors (Lipinski definition) is 4. The van der Waals surface area contributed by atoms with Gasteiger partial charge in [-0.3, -0.25) is 4.68 Å². The van der Waals surface area contributed by atoms with Gasteiger partial charge in [-0.05, 0) is 31.7 Å². The molecule has 2 aliphatic rings. The van der Waals surface area contributed by atoms with E-state index in [2.05, 4.69) is 16.5 Å². The van der Waals surface area contributed by atoms with Gasteiger partial charge < -0.3 is 14.8 Å². The standard InChI is InChI=1S/C15H25N3O2/c1-18-8-3-13(17-18)2-7-16-14-4-9-20-15(12-14)5-10-19-11-6-15/h3,8,14,16H,2,4-7,9-12H2,1H3. The van der Waals surface area contributed by atoms with Crippen LogP contribution < -0.4 is 5.32 Å². The van der Waals surface area contributed by atoms with E-state index in [1.165, 1.54) is 0 Å². The Morgan fingerprint density at radius 2 is 2.25 bits per heavy atom. The van der Waals surface area contributed by atoms with Gasteiger partial charge in [0, 0.05) is 52.1 Å². The van der Waals surface area contributed by atoms with Crippen molar-refractivity contribution in [1.82, 2.24) is 15.1 Å². The number of aryl methyl sites for hydroxylation is 1. The quantitative estimate of drug-likeness (QED) is 0.902. The molecule has 0 saturated carbocycles. The Balaban J connectivity index is 1.45. The van der Waals surface area contributed by atoms with E-state index >= 15 is 0 Å². The first kappa shape index (κ1) is 14.0. The van der Waals surface area contributed by atoms with E-state index in [0.717, 1.165) is 64.2 Å². The zero-order valence-corrected chi connectivity index (χ0v) is 12.3. The summed E-state index contributed by atoms with van der Waals surface area (Å²) in [5, 5.41) is 8.09. The van der Waals surface area contributed by atoms with Gasteiger partial charge in [0.2, 0.25) is 0 Å². The van der Waals surface area contributed by atoms with Gasteiger partial charge >= 0.3 is 0 Å². The zero-order chi connectivity index (χ0) is 13.8. The lowest BCUT2D eigenvalue weighted by atomic mass is 9.84. The van der Waals surface area contributed by atoms with Crippen molar-refractivity contribution in [1.29, 1.82) is 0 Å². The fourth-order valence-electron chi connectivity index (χ4n) is 3.29. The van der Waals surface area contributed by atoms with Crippen molar-refractivity contribution in [3.8, 4) is 0 Å². The van der Waals surface area contributed by atoms with Crippen LogP contribution in [-0.2, 0) is 22.9 Å². The maximum Gasteiger partial charge on any atom is 0.0741 e. The van der Waals surface area contributed by atoms with E-state index < -0.39 is 0 Å². The number of aromatic nitrogens is 2. The van der Waals surface area contributed by atoms with Crippen LogP contribution in [-0.4, -0.2) is 47.8 Å². The van der Waals surface area contributed by atoms with Crippen LogP contribution in [0.15, 0.2) is 12.3 Å². The van der Waals surface area contributed by atoms with Crippen LogP contribution in [0.4, 0.5) is 0 Å². The van der Waals surface area contributed by atoms with Gasteiger partial charge in [-0.2, -0.15) is 5.10 Å². The van der Waals surface area contributed by atoms with Crippen molar-refractivity contribution < 1.29 is 9.47 Å². The van der Waals surface area contributed by atoms with Crippen molar-refractivity contribution in [3.05, 3.63) is 18.0 Å². The molecule has 3 rings (SSSR count). The van der Waals surface area contributed by atoms with Crippen LogP contribution in [0.2, 0.25) is 0 Å². The van der Waals surface area contributed by atoms with Gasteiger partial charge in [0.25, 0.3) is 0 Å². The molecule has 1 atom stereocenters. The Bertz CT molecular complexity index is 421. The summed E-state index contributed by atoms with van der Waals surface area (Å²) >= 11 is 0. The summed E-state index contributed by atoms with van der Waals surface area (Å²) < 4.78 is 13.4. The topological polar surface area (TPSA) is 48.3 Å². The molecule has 1 aromatic rings. The third-order valence-corrected chi connectivity index (χ3v) is 4.48. The molecule has 112 valence electrons. The minimum Gasteiger partial charge on any atom is -0.381 e. The summed E-state index contributed by atoms with van der Waals surface area (Å²) in [6, 6.07) is 2.66. The van der Waals surface area contributed by atoms with Crippen LogP contribution in [0.25, 0.3) is 0 Å². The fourth-order valence-corrected chi connectivity index (χ4v) is 3.29. The molecule has 20 heavy (non-hydrogen) atoms. The van der Waals surface area contributed by atoms with E-state index in [1.54, 1.807) is 0 Å². The normalized spacial score (nSPS) is 25.9. The van der Waals surface area contributed by atoms with Crippen LogP contribution in [0.1, 0.15) is 31.4 Å².